The van der Waals surface area contributed by atoms with E-state index in [0.717, 1.165) is 0 Å². The minimum Gasteiger partial charge on any atom is -0.294 e. The van der Waals surface area contributed by atoms with Crippen LogP contribution in [0.2, 0.25) is 0 Å². The molecule has 8 heteroatoms. The number of carbonyl (C=O) groups is 3. The first-order valence-electron chi connectivity index (χ1n) is 8.85. The van der Waals surface area contributed by atoms with Gasteiger partial charge in [-0.05, 0) is 17.4 Å². The molecule has 1 atom stereocenters. The number of carbonyl (C=O) groups excluding carboxylic acids is 3. The lowest BCUT2D eigenvalue weighted by molar-refractivity contribution is -0.385. The molecule has 2 amide bonds. The number of fused-ring (bicyclic) bond motifs is 2. The molecule has 4 rings (SSSR count). The van der Waals surface area contributed by atoms with Crippen molar-refractivity contribution in [2.24, 2.45) is 5.41 Å². The number of non-ortho nitro benzene ring substituents is 1. The van der Waals surface area contributed by atoms with Crippen LogP contribution in [0.1, 0.15) is 51.1 Å². The van der Waals surface area contributed by atoms with Crippen molar-refractivity contribution in [1.29, 1.82) is 0 Å². The third kappa shape index (κ3) is 2.63. The zero-order valence-electron chi connectivity index (χ0n) is 15.1. The Morgan fingerprint density at radius 2 is 1.81 bits per heavy atom. The van der Waals surface area contributed by atoms with Gasteiger partial charge >= 0.3 is 0 Å². The van der Waals surface area contributed by atoms with Crippen molar-refractivity contribution in [3.8, 4) is 0 Å². The molecule has 1 saturated heterocycles. The minimum absolute atomic E-state index is 0.0684. The summed E-state index contributed by atoms with van der Waals surface area (Å²) in [6.45, 7) is 3.91. The summed E-state index contributed by atoms with van der Waals surface area (Å²) in [5.41, 5.74) is 1.01. The second kappa shape index (κ2) is 5.73. The van der Waals surface area contributed by atoms with Crippen LogP contribution in [0.3, 0.4) is 0 Å². The smallest absolute Gasteiger partial charge is 0.269 e. The van der Waals surface area contributed by atoms with Crippen molar-refractivity contribution < 1.29 is 19.3 Å². The van der Waals surface area contributed by atoms with E-state index in [4.69, 9.17) is 0 Å². The number of benzene rings is 1. The van der Waals surface area contributed by atoms with Crippen molar-refractivity contribution >= 4 is 23.3 Å². The summed E-state index contributed by atoms with van der Waals surface area (Å²) in [5.74, 6) is -0.598. The summed E-state index contributed by atoms with van der Waals surface area (Å²) in [6.07, 6.45) is 0.970. The molecule has 3 aliphatic rings. The molecular weight excluding hydrogens is 350 g/mol. The highest BCUT2D eigenvalue weighted by Gasteiger charge is 2.52. The predicted molar refractivity (Wildman–Crippen MR) is 93.8 cm³/mol. The molecule has 1 aliphatic carbocycles. The van der Waals surface area contributed by atoms with Crippen LogP contribution in [0.5, 0.6) is 0 Å². The normalized spacial score (nSPS) is 24.2. The number of amides is 2. The summed E-state index contributed by atoms with van der Waals surface area (Å²) in [7, 11) is 0. The van der Waals surface area contributed by atoms with Gasteiger partial charge in [-0.2, -0.15) is 0 Å². The van der Waals surface area contributed by atoms with Gasteiger partial charge in [0.05, 0.1) is 10.6 Å². The number of hydrogen-bond donors (Lipinski definition) is 0. The number of nitro groups is 1. The van der Waals surface area contributed by atoms with E-state index in [2.05, 4.69) is 0 Å². The highest BCUT2D eigenvalue weighted by atomic mass is 16.6. The van der Waals surface area contributed by atoms with Gasteiger partial charge in [0.1, 0.15) is 6.04 Å². The van der Waals surface area contributed by atoms with Crippen LogP contribution in [0.4, 0.5) is 5.69 Å². The molecule has 0 saturated carbocycles. The van der Waals surface area contributed by atoms with Crippen molar-refractivity contribution in [2.45, 2.75) is 45.6 Å². The van der Waals surface area contributed by atoms with E-state index in [0.29, 0.717) is 29.7 Å². The van der Waals surface area contributed by atoms with E-state index in [-0.39, 0.29) is 41.5 Å². The molecule has 1 unspecified atom stereocenters. The van der Waals surface area contributed by atoms with E-state index in [1.807, 2.05) is 13.8 Å². The molecule has 140 valence electrons. The maximum Gasteiger partial charge on any atom is 0.269 e. The Balaban J connectivity index is 1.91. The number of allylic oxidation sites excluding steroid dienone is 1. The standard InChI is InChI=1S/C19H19N3O5/c1-19(2)9-13-17(14(23)10-19)18(11-4-3-5-12(8-11)22(26)27)21-16(25)7-6-15(24)20(13)21/h3-5,8,18H,6-7,9-10H2,1-2H3. The molecule has 0 aromatic heterocycles. The number of rotatable bonds is 2. The molecule has 0 bridgehead atoms. The summed E-state index contributed by atoms with van der Waals surface area (Å²) in [6, 6.07) is 5.13. The van der Waals surface area contributed by atoms with Crippen LogP contribution in [-0.2, 0) is 14.4 Å². The topological polar surface area (TPSA) is 101 Å². The Kier molecular flexibility index (Phi) is 3.69. The van der Waals surface area contributed by atoms with Crippen molar-refractivity contribution in [3.63, 3.8) is 0 Å². The highest BCUT2D eigenvalue weighted by molar-refractivity contribution is 6.03. The fourth-order valence-corrected chi connectivity index (χ4v) is 4.25. The second-order valence-electron chi connectivity index (χ2n) is 8.00. The van der Waals surface area contributed by atoms with Crippen molar-refractivity contribution in [3.05, 3.63) is 51.2 Å². The summed E-state index contributed by atoms with van der Waals surface area (Å²) >= 11 is 0. The van der Waals surface area contributed by atoms with Gasteiger partial charge in [-0.1, -0.05) is 26.0 Å². The quantitative estimate of drug-likeness (QED) is 0.589. The van der Waals surface area contributed by atoms with Crippen LogP contribution in [0.15, 0.2) is 35.5 Å². The molecule has 2 heterocycles. The Labute approximate surface area is 155 Å². The molecule has 1 aromatic rings. The van der Waals surface area contributed by atoms with Gasteiger partial charge in [0.25, 0.3) is 5.69 Å². The molecule has 2 aliphatic heterocycles. The van der Waals surface area contributed by atoms with Gasteiger partial charge in [0.15, 0.2) is 5.78 Å². The van der Waals surface area contributed by atoms with Crippen molar-refractivity contribution in [2.75, 3.05) is 0 Å². The van der Waals surface area contributed by atoms with E-state index in [1.165, 1.54) is 28.2 Å². The van der Waals surface area contributed by atoms with Gasteiger partial charge in [0.2, 0.25) is 11.8 Å². The first-order chi connectivity index (χ1) is 12.7. The molecule has 0 N–H and O–H groups in total. The lowest BCUT2D eigenvalue weighted by Gasteiger charge is -2.38. The highest BCUT2D eigenvalue weighted by Crippen LogP contribution is 2.51. The summed E-state index contributed by atoms with van der Waals surface area (Å²) in [5, 5.41) is 13.9. The second-order valence-corrected chi connectivity index (χ2v) is 8.00. The Morgan fingerprint density at radius 3 is 2.52 bits per heavy atom. The van der Waals surface area contributed by atoms with Crippen LogP contribution < -0.4 is 0 Å². The maximum absolute atomic E-state index is 13.0. The van der Waals surface area contributed by atoms with Crippen LogP contribution >= 0.6 is 0 Å². The van der Waals surface area contributed by atoms with E-state index in [9.17, 15) is 24.5 Å². The fourth-order valence-electron chi connectivity index (χ4n) is 4.25. The molecule has 1 fully saturated rings. The molecule has 1 aromatic carbocycles. The molecule has 8 nitrogen and oxygen atoms in total. The molecular formula is C19H19N3O5. The van der Waals surface area contributed by atoms with Crippen LogP contribution in [0, 0.1) is 15.5 Å². The van der Waals surface area contributed by atoms with Gasteiger partial charge in [0, 0.05) is 37.0 Å². The van der Waals surface area contributed by atoms with E-state index < -0.39 is 11.0 Å². The number of nitro benzene ring substituents is 1. The lowest BCUT2D eigenvalue weighted by atomic mass is 9.74. The van der Waals surface area contributed by atoms with Gasteiger partial charge in [-0.3, -0.25) is 24.5 Å². The monoisotopic (exact) mass is 369 g/mol. The van der Waals surface area contributed by atoms with Gasteiger partial charge in [-0.25, -0.2) is 10.0 Å². The molecule has 27 heavy (non-hydrogen) atoms. The summed E-state index contributed by atoms with van der Waals surface area (Å²) in [4.78, 5) is 49.0. The largest absolute Gasteiger partial charge is 0.294 e. The SMILES string of the molecule is CC1(C)CC(=O)C2=C(C1)N1C(=O)CCC(=O)N1C2c1cccc([N+](=O)[O-])c1. The van der Waals surface area contributed by atoms with E-state index in [1.54, 1.807) is 6.07 Å². The fraction of sp³-hybridized carbons (Fsp3) is 0.421. The third-order valence-corrected chi connectivity index (χ3v) is 5.33. The average molecular weight is 369 g/mol. The first kappa shape index (κ1) is 17.4. The zero-order valence-corrected chi connectivity index (χ0v) is 15.1. The maximum atomic E-state index is 13.0. The number of hydrazine groups is 1. The third-order valence-electron chi connectivity index (χ3n) is 5.33. The number of Topliss-reactive ketones (excluding diaryl/α,β-unsaturated/α-hetero) is 1. The average Bonchev–Trinajstić information content (AvgIpc) is 2.93. The predicted octanol–water partition coefficient (Wildman–Crippen LogP) is 2.66. The number of hydrogen-bond acceptors (Lipinski definition) is 5. The Morgan fingerprint density at radius 1 is 1.11 bits per heavy atom. The lowest BCUT2D eigenvalue weighted by Crippen LogP contribution is -2.50. The Hall–Kier alpha value is -3.03. The molecule has 0 spiro atoms. The van der Waals surface area contributed by atoms with Crippen molar-refractivity contribution in [1.82, 2.24) is 10.0 Å². The summed E-state index contributed by atoms with van der Waals surface area (Å²) < 4.78 is 0. The van der Waals surface area contributed by atoms with Gasteiger partial charge in [-0.15, -0.1) is 0 Å². The van der Waals surface area contributed by atoms with Crippen LogP contribution in [-0.4, -0.2) is 32.5 Å². The van der Waals surface area contributed by atoms with Crippen LogP contribution in [0.25, 0.3) is 0 Å². The van der Waals surface area contributed by atoms with Gasteiger partial charge < -0.3 is 0 Å². The molecule has 0 radical (unpaired) electrons. The zero-order chi connectivity index (χ0) is 19.5. The Bertz CT molecular complexity index is 933. The first-order valence-corrected chi connectivity index (χ1v) is 8.85. The van der Waals surface area contributed by atoms with E-state index >= 15 is 0 Å². The number of ketones is 1. The minimum atomic E-state index is -0.791. The number of nitrogens with zero attached hydrogens (tertiary/aromatic N) is 3.